The molecule has 744 valence electrons. The maximum atomic E-state index is 14.0. The van der Waals surface area contributed by atoms with Crippen LogP contribution in [0.3, 0.4) is 0 Å². The standard InChI is InChI=1S/C31H35N3O5S.2C26H31N3O4S.C25H29N3O4S/c1-19(2)27(33-15-23-6-4-5-7-24(23)29(33)37)30(38)34-16-31(39,17-35)14-25(34)26(36)13-10-21-8-11-22(12-9-21)28-20(3)32-18-40-28;2*1-15(2)24(23-11-16(3)28-33-23)26(32)29-13-20(30)12-21(29)22(31)10-7-18-5-8-19(9-6-18)25-17(4)27-14-34-25;1-4-20(23-11-15(2)27-32-23)25(31)28-13-19(29)12-21(28)22(30)10-7-17-5-8-18(9-6-17)24-16(3)26-14-33-24/h4-9,11-12,18-19,25,27,35,39H,10,13-17H2,1-3H3;2*5-6,8-9,11,14-15,20-21,24,30H,7,10,12-13H2,1-4H3;5-6,8-9,11,14,19-21,29H,4,7,10,12-13H2,1-3H3/t25-,27-,31-;20-,21+,24+;20-,21+,24-;19-,20?,21+/m0111/s1. The molecule has 5 aliphatic rings. The number of aromatic nitrogens is 7. The predicted octanol–water partition coefficient (Wildman–Crippen LogP) is 16.3. The van der Waals surface area contributed by atoms with E-state index in [0.29, 0.717) is 97.8 Å². The summed E-state index contributed by atoms with van der Waals surface area (Å²) in [5, 5.41) is 63.5. The Morgan fingerprint density at radius 1 is 0.426 bits per heavy atom. The van der Waals surface area contributed by atoms with E-state index < -0.39 is 78.5 Å². The van der Waals surface area contributed by atoms with Crippen molar-refractivity contribution < 1.29 is 82.3 Å². The SMILES string of the molecule is CCC(C(=O)N1C[C@H](O)C[C@H]1C(=O)CCc1ccc(-c2scnc2C)cc1)c1cc(C)no1.Cc1cc([C@@H](C(=O)N2C[C@H](O)C[C@H]2C(=O)CCc2ccc(-c3scnc3C)cc2)C(C)C)on1.Cc1cc([C@H](C(=O)N2C[C@H](O)C[C@H]2C(=O)CCc2ccc(-c3scnc3C)cc2)C(C)C)on1.Cc1ncsc1-c1ccc(CCC(=O)[C@@H]2C[C@@](O)(CO)CN2C(=O)[C@H](C(C)C)N2Cc3ccccc3C2=O)cc1. The second-order valence-corrected chi connectivity index (χ2v) is 42.2. The lowest BCUT2D eigenvalue weighted by Gasteiger charge is -2.35. The molecule has 4 fully saturated rings. The third-order valence-corrected chi connectivity index (χ3v) is 31.1. The Balaban J connectivity index is 0.000000150. The van der Waals surface area contributed by atoms with Crippen molar-refractivity contribution >= 4 is 98.0 Å². The van der Waals surface area contributed by atoms with Crippen molar-refractivity contribution in [2.75, 3.05) is 32.8 Å². The van der Waals surface area contributed by atoms with Gasteiger partial charge in [0, 0.05) is 101 Å². The first kappa shape index (κ1) is 105. The number of carbonyl (C=O) groups is 9. The Bertz CT molecular complexity index is 6170. The molecular formula is C108H126N12O17S4. The highest BCUT2D eigenvalue weighted by molar-refractivity contribution is 7.14. The molecule has 0 saturated carbocycles. The number of aliphatic hydroxyl groups excluding tert-OH is 4. The second-order valence-electron chi connectivity index (χ2n) is 38.8. The van der Waals surface area contributed by atoms with Crippen molar-refractivity contribution in [3.8, 4) is 41.8 Å². The van der Waals surface area contributed by atoms with Crippen LogP contribution in [0.5, 0.6) is 0 Å². The van der Waals surface area contributed by atoms with Crippen molar-refractivity contribution in [2.45, 2.75) is 259 Å². The molecule has 0 aliphatic carbocycles. The Morgan fingerprint density at radius 3 is 1.04 bits per heavy atom. The number of carbonyl (C=O) groups excluding carboxylic acids is 9. The number of ketones is 4. The summed E-state index contributed by atoms with van der Waals surface area (Å²) < 4.78 is 16.1. The van der Waals surface area contributed by atoms with Crippen LogP contribution in [0.2, 0.25) is 0 Å². The average Bonchev–Trinajstić information content (AvgIpc) is 1.61. The van der Waals surface area contributed by atoms with Gasteiger partial charge >= 0.3 is 0 Å². The highest BCUT2D eigenvalue weighted by atomic mass is 32.1. The zero-order valence-corrected chi connectivity index (χ0v) is 85.5. The molecule has 12 aromatic rings. The van der Waals surface area contributed by atoms with Gasteiger partial charge in [-0.3, -0.25) is 43.2 Å². The molecule has 5 N–H and O–H groups in total. The second kappa shape index (κ2) is 46.9. The molecular weight excluding hydrogens is 1870 g/mol. The molecule has 33 heteroatoms. The van der Waals surface area contributed by atoms with E-state index in [9.17, 15) is 68.7 Å². The summed E-state index contributed by atoms with van der Waals surface area (Å²) in [7, 11) is 0. The molecule has 7 aromatic heterocycles. The first-order valence-corrected chi connectivity index (χ1v) is 51.9. The Morgan fingerprint density at radius 2 is 0.752 bits per heavy atom. The van der Waals surface area contributed by atoms with Gasteiger partial charge in [-0.2, -0.15) is 0 Å². The zero-order chi connectivity index (χ0) is 101. The molecule has 17 rings (SSSR count). The topological polar surface area (TPSA) is 401 Å². The molecule has 0 radical (unpaired) electrons. The maximum Gasteiger partial charge on any atom is 0.255 e. The van der Waals surface area contributed by atoms with Crippen LogP contribution in [0.15, 0.2) is 175 Å². The number of amides is 5. The average molecular weight is 1990 g/mol. The molecule has 5 amide bonds. The van der Waals surface area contributed by atoms with Gasteiger partial charge in [0.25, 0.3) is 5.91 Å². The third-order valence-electron chi connectivity index (χ3n) is 27.2. The van der Waals surface area contributed by atoms with Gasteiger partial charge in [0.05, 0.1) is 143 Å². The molecule has 5 aromatic carbocycles. The number of hydrogen-bond acceptors (Lipinski definition) is 28. The van der Waals surface area contributed by atoms with Crippen molar-refractivity contribution in [1.29, 1.82) is 0 Å². The smallest absolute Gasteiger partial charge is 0.255 e. The van der Waals surface area contributed by atoms with Crippen LogP contribution < -0.4 is 0 Å². The highest BCUT2D eigenvalue weighted by Crippen LogP contribution is 2.40. The van der Waals surface area contributed by atoms with Gasteiger partial charge in [0.1, 0.15) is 40.8 Å². The molecule has 0 spiro atoms. The lowest BCUT2D eigenvalue weighted by Crippen LogP contribution is -2.54. The van der Waals surface area contributed by atoms with E-state index in [0.717, 1.165) is 92.4 Å². The summed E-state index contributed by atoms with van der Waals surface area (Å²) in [6.45, 7) is 26.9. The minimum absolute atomic E-state index is 0.0223. The first-order chi connectivity index (χ1) is 67.5. The zero-order valence-electron chi connectivity index (χ0n) is 82.2. The van der Waals surface area contributed by atoms with Crippen LogP contribution in [0.4, 0.5) is 0 Å². The number of aryl methyl sites for hydroxylation is 11. The van der Waals surface area contributed by atoms with Gasteiger partial charge in [-0.15, -0.1) is 45.3 Å². The Hall–Kier alpha value is -11.9. The van der Waals surface area contributed by atoms with Crippen molar-refractivity contribution in [3.63, 3.8) is 0 Å². The summed E-state index contributed by atoms with van der Waals surface area (Å²) >= 11 is 6.43. The summed E-state index contributed by atoms with van der Waals surface area (Å²) in [6, 6.07) is 41.7. The Kier molecular flexibility index (Phi) is 34.9. The fourth-order valence-electron chi connectivity index (χ4n) is 19.6. The third kappa shape index (κ3) is 25.1. The summed E-state index contributed by atoms with van der Waals surface area (Å²) in [5.41, 5.74) is 22.0. The monoisotopic (exact) mass is 1990 g/mol. The quantitative estimate of drug-likeness (QED) is 0.0255. The van der Waals surface area contributed by atoms with E-state index in [-0.39, 0.29) is 129 Å². The number of hydrogen-bond donors (Lipinski definition) is 5. The van der Waals surface area contributed by atoms with E-state index >= 15 is 0 Å². The van der Waals surface area contributed by atoms with Gasteiger partial charge < -0.3 is 63.6 Å². The summed E-state index contributed by atoms with van der Waals surface area (Å²) in [6.07, 6.45) is 2.61. The fourth-order valence-corrected chi connectivity index (χ4v) is 22.9. The van der Waals surface area contributed by atoms with Gasteiger partial charge in [-0.1, -0.05) is 179 Å². The van der Waals surface area contributed by atoms with E-state index in [2.05, 4.69) is 71.8 Å². The van der Waals surface area contributed by atoms with Crippen LogP contribution >= 0.6 is 45.3 Å². The number of thiazole rings is 4. The molecule has 12 atom stereocenters. The molecule has 5 aliphatic heterocycles. The first-order valence-electron chi connectivity index (χ1n) is 48.3. The minimum atomic E-state index is -1.57. The summed E-state index contributed by atoms with van der Waals surface area (Å²) in [4.78, 5) is 150. The van der Waals surface area contributed by atoms with Gasteiger partial charge in [-0.25, -0.2) is 19.9 Å². The van der Waals surface area contributed by atoms with Crippen LogP contribution in [0, 0.1) is 66.2 Å². The van der Waals surface area contributed by atoms with Crippen LogP contribution in [-0.4, -0.2) is 225 Å². The molecule has 1 unspecified atom stereocenters. The molecule has 4 saturated heterocycles. The number of Topliss-reactive ketones (excluding diaryl/α,β-unsaturated/α-hetero) is 4. The van der Waals surface area contributed by atoms with Crippen molar-refractivity contribution in [3.05, 3.63) is 252 Å². The molecule has 29 nitrogen and oxygen atoms in total. The minimum Gasteiger partial charge on any atom is -0.393 e. The predicted molar refractivity (Wildman–Crippen MR) is 540 cm³/mol. The maximum absolute atomic E-state index is 14.0. The van der Waals surface area contributed by atoms with E-state index in [1.165, 1.54) is 9.80 Å². The van der Waals surface area contributed by atoms with Crippen LogP contribution in [0.25, 0.3) is 41.8 Å². The van der Waals surface area contributed by atoms with Crippen LogP contribution in [0.1, 0.15) is 219 Å². The lowest BCUT2D eigenvalue weighted by molar-refractivity contribution is -0.143. The van der Waals surface area contributed by atoms with Gasteiger partial charge in [0.15, 0.2) is 23.1 Å². The normalized spacial score (nSPS) is 19.7. The fraction of sp³-hybridized carbons (Fsp3) is 0.444. The van der Waals surface area contributed by atoms with Crippen molar-refractivity contribution in [1.82, 2.24) is 59.9 Å². The lowest BCUT2D eigenvalue weighted by atomic mass is 9.91. The summed E-state index contributed by atoms with van der Waals surface area (Å²) in [5.74, 6) is -1.74. The van der Waals surface area contributed by atoms with Crippen LogP contribution in [-0.2, 0) is 70.6 Å². The van der Waals surface area contributed by atoms with Gasteiger partial charge in [-0.05, 0) is 154 Å². The van der Waals surface area contributed by atoms with Gasteiger partial charge in [0.2, 0.25) is 23.6 Å². The molecule has 0 bridgehead atoms. The number of β-amino-alcohol motifs (C(OH)–C–C–N with tert-alkyl or cyclic N) is 4. The largest absolute Gasteiger partial charge is 0.393 e. The van der Waals surface area contributed by atoms with E-state index in [1.54, 1.807) is 97.3 Å². The van der Waals surface area contributed by atoms with Crippen molar-refractivity contribution in [2.24, 2.45) is 17.8 Å². The van der Waals surface area contributed by atoms with E-state index in [1.807, 2.05) is 185 Å². The molecule has 141 heavy (non-hydrogen) atoms. The number of nitrogens with zero attached hydrogens (tertiary/aromatic N) is 12. The number of likely N-dealkylation sites (tertiary alicyclic amines) is 4. The number of fused-ring (bicyclic) bond motifs is 1. The number of rotatable bonds is 33. The highest BCUT2D eigenvalue weighted by Gasteiger charge is 2.52. The number of benzene rings is 5. The number of aliphatic hydroxyl groups is 5. The Labute approximate surface area is 837 Å². The van der Waals surface area contributed by atoms with E-state index in [4.69, 9.17) is 13.6 Å². The molecule has 12 heterocycles.